The summed E-state index contributed by atoms with van der Waals surface area (Å²) in [5.74, 6) is -0.459. The molecule has 0 radical (unpaired) electrons. The topological polar surface area (TPSA) is 106 Å². The van der Waals surface area contributed by atoms with E-state index in [4.69, 9.17) is 9.15 Å². The number of rotatable bonds is 7. The minimum Gasteiger partial charge on any atom is -0.467 e. The molecule has 9 nitrogen and oxygen atoms in total. The normalized spacial score (nSPS) is 15.7. The predicted octanol–water partition coefficient (Wildman–Crippen LogP) is 3.51. The lowest BCUT2D eigenvalue weighted by molar-refractivity contribution is -0.384. The van der Waals surface area contributed by atoms with Crippen molar-refractivity contribution >= 4 is 17.5 Å². The fourth-order valence-corrected chi connectivity index (χ4v) is 3.75. The Morgan fingerprint density at radius 1 is 1.09 bits per heavy atom. The van der Waals surface area contributed by atoms with E-state index in [1.807, 2.05) is 0 Å². The monoisotopic (exact) mass is 467 g/mol. The Labute approximate surface area is 194 Å². The van der Waals surface area contributed by atoms with Gasteiger partial charge in [0, 0.05) is 42.9 Å². The van der Waals surface area contributed by atoms with E-state index >= 15 is 0 Å². The lowest BCUT2D eigenvalue weighted by Gasteiger charge is -2.35. The van der Waals surface area contributed by atoms with E-state index in [-0.39, 0.29) is 43.7 Å². The second-order valence-electron chi connectivity index (χ2n) is 7.82. The van der Waals surface area contributed by atoms with Crippen LogP contribution in [0, 0.1) is 15.9 Å². The number of furan rings is 1. The first-order chi connectivity index (χ1) is 16.4. The van der Waals surface area contributed by atoms with Crippen LogP contribution in [-0.2, 0) is 11.3 Å². The molecule has 1 fully saturated rings. The number of halogens is 1. The van der Waals surface area contributed by atoms with Gasteiger partial charge in [-0.25, -0.2) is 4.39 Å². The van der Waals surface area contributed by atoms with Gasteiger partial charge in [0.2, 0.25) is 0 Å². The molecule has 1 aliphatic heterocycles. The van der Waals surface area contributed by atoms with Crippen molar-refractivity contribution < 1.29 is 28.1 Å². The smallest absolute Gasteiger partial charge is 0.269 e. The Morgan fingerprint density at radius 2 is 1.79 bits per heavy atom. The van der Waals surface area contributed by atoms with Crippen LogP contribution in [0.5, 0.6) is 0 Å². The Kier molecular flexibility index (Phi) is 6.98. The van der Waals surface area contributed by atoms with E-state index < -0.39 is 16.8 Å². The van der Waals surface area contributed by atoms with Crippen molar-refractivity contribution in [1.82, 2.24) is 9.80 Å². The third kappa shape index (κ3) is 5.46. The highest BCUT2D eigenvalue weighted by molar-refractivity contribution is 5.95. The summed E-state index contributed by atoms with van der Waals surface area (Å²) in [6.45, 7) is 1.24. The van der Waals surface area contributed by atoms with Crippen LogP contribution in [0.15, 0.2) is 71.3 Å². The van der Waals surface area contributed by atoms with Gasteiger partial charge >= 0.3 is 0 Å². The van der Waals surface area contributed by atoms with E-state index in [2.05, 4.69) is 0 Å². The van der Waals surface area contributed by atoms with Gasteiger partial charge in [0.25, 0.3) is 17.5 Å². The van der Waals surface area contributed by atoms with Crippen molar-refractivity contribution in [1.29, 1.82) is 0 Å². The van der Waals surface area contributed by atoms with Crippen LogP contribution in [0.2, 0.25) is 0 Å². The molecule has 1 aromatic heterocycles. The zero-order chi connectivity index (χ0) is 24.1. The first kappa shape index (κ1) is 23.1. The van der Waals surface area contributed by atoms with Crippen molar-refractivity contribution in [2.75, 3.05) is 26.2 Å². The summed E-state index contributed by atoms with van der Waals surface area (Å²) in [7, 11) is 0. The molecule has 0 unspecified atom stereocenters. The number of hydrogen-bond donors (Lipinski definition) is 0. The Hall–Kier alpha value is -4.05. The van der Waals surface area contributed by atoms with E-state index in [9.17, 15) is 24.1 Å². The van der Waals surface area contributed by atoms with Crippen LogP contribution in [0.3, 0.4) is 0 Å². The average Bonchev–Trinajstić information content (AvgIpc) is 3.37. The Bertz CT molecular complexity index is 1150. The number of carbonyl (C=O) groups is 2. The third-order valence-electron chi connectivity index (χ3n) is 5.48. The minimum atomic E-state index is -0.523. The van der Waals surface area contributed by atoms with E-state index in [1.54, 1.807) is 17.0 Å². The molecule has 1 aliphatic rings. The van der Waals surface area contributed by atoms with Crippen molar-refractivity contribution in [2.24, 2.45) is 0 Å². The van der Waals surface area contributed by atoms with Crippen LogP contribution in [0.25, 0.3) is 0 Å². The summed E-state index contributed by atoms with van der Waals surface area (Å²) in [5, 5.41) is 10.9. The van der Waals surface area contributed by atoms with Gasteiger partial charge in [-0.05, 0) is 48.5 Å². The molecule has 1 saturated heterocycles. The molecule has 3 aromatic rings. The fourth-order valence-electron chi connectivity index (χ4n) is 3.75. The number of nitro groups is 1. The van der Waals surface area contributed by atoms with Gasteiger partial charge < -0.3 is 19.0 Å². The van der Waals surface area contributed by atoms with E-state index in [1.165, 1.54) is 59.7 Å². The van der Waals surface area contributed by atoms with Crippen LogP contribution in [-0.4, -0.2) is 58.9 Å². The SMILES string of the molecule is O=C(c1ccc([N+](=O)[O-])cc1)N1CCO[C@@H](CN(Cc2ccco2)C(=O)c2ccc(F)cc2)C1. The number of non-ortho nitro benzene ring substituents is 1. The lowest BCUT2D eigenvalue weighted by Crippen LogP contribution is -2.50. The minimum absolute atomic E-state index is 0.0933. The number of nitro benzene ring substituents is 1. The third-order valence-corrected chi connectivity index (χ3v) is 5.48. The van der Waals surface area contributed by atoms with Gasteiger partial charge in [0.05, 0.1) is 30.4 Å². The van der Waals surface area contributed by atoms with Crippen LogP contribution in [0.1, 0.15) is 26.5 Å². The number of hydrogen-bond acceptors (Lipinski definition) is 6. The van der Waals surface area contributed by atoms with Crippen LogP contribution >= 0.6 is 0 Å². The van der Waals surface area contributed by atoms with Gasteiger partial charge in [-0.15, -0.1) is 0 Å². The fraction of sp³-hybridized carbons (Fsp3) is 0.250. The maximum absolute atomic E-state index is 13.3. The first-order valence-electron chi connectivity index (χ1n) is 10.6. The molecule has 0 N–H and O–H groups in total. The zero-order valence-electron chi connectivity index (χ0n) is 18.1. The molecule has 1 atom stereocenters. The van der Waals surface area contributed by atoms with Crippen molar-refractivity contribution in [2.45, 2.75) is 12.6 Å². The molecule has 0 spiro atoms. The van der Waals surface area contributed by atoms with Crippen molar-refractivity contribution in [3.63, 3.8) is 0 Å². The Morgan fingerprint density at radius 3 is 2.44 bits per heavy atom. The number of nitrogens with zero attached hydrogens (tertiary/aromatic N) is 3. The zero-order valence-corrected chi connectivity index (χ0v) is 18.1. The maximum atomic E-state index is 13.3. The molecule has 10 heteroatoms. The van der Waals surface area contributed by atoms with Gasteiger partial charge in [-0.1, -0.05) is 0 Å². The largest absolute Gasteiger partial charge is 0.467 e. The summed E-state index contributed by atoms with van der Waals surface area (Å²) in [6.07, 6.45) is 1.05. The molecule has 4 rings (SSSR count). The van der Waals surface area contributed by atoms with Crippen LogP contribution < -0.4 is 0 Å². The van der Waals surface area contributed by atoms with Crippen molar-refractivity contribution in [3.8, 4) is 0 Å². The molecule has 2 heterocycles. The molecule has 0 bridgehead atoms. The maximum Gasteiger partial charge on any atom is 0.269 e. The van der Waals surface area contributed by atoms with Crippen LogP contribution in [0.4, 0.5) is 10.1 Å². The summed E-state index contributed by atoms with van der Waals surface area (Å²) >= 11 is 0. The molecule has 2 aromatic carbocycles. The summed E-state index contributed by atoms with van der Waals surface area (Å²) in [6, 6.07) is 14.2. The summed E-state index contributed by atoms with van der Waals surface area (Å²) in [5.41, 5.74) is 0.563. The highest BCUT2D eigenvalue weighted by Crippen LogP contribution is 2.18. The molecule has 0 saturated carbocycles. The lowest BCUT2D eigenvalue weighted by atomic mass is 10.1. The standard InChI is InChI=1S/C24H22FN3O6/c25-19-7-3-17(4-8-19)24(30)27(14-21-2-1-12-33-21)16-22-15-26(11-13-34-22)23(29)18-5-9-20(10-6-18)28(31)32/h1-10,12,22H,11,13-16H2/t22-/m1/s1. The molecule has 34 heavy (non-hydrogen) atoms. The molecule has 0 aliphatic carbocycles. The summed E-state index contributed by atoms with van der Waals surface area (Å²) in [4.78, 5) is 39.5. The van der Waals surface area contributed by atoms with E-state index in [0.717, 1.165) is 0 Å². The molecule has 2 amide bonds. The first-order valence-corrected chi connectivity index (χ1v) is 10.6. The number of ether oxygens (including phenoxy) is 1. The van der Waals surface area contributed by atoms with Crippen molar-refractivity contribution in [3.05, 3.63) is 99.7 Å². The van der Waals surface area contributed by atoms with Gasteiger partial charge in [0.15, 0.2) is 0 Å². The number of morpholine rings is 1. The van der Waals surface area contributed by atoms with Gasteiger partial charge in [-0.2, -0.15) is 0 Å². The summed E-state index contributed by atoms with van der Waals surface area (Å²) < 4.78 is 24.5. The second kappa shape index (κ2) is 10.3. The predicted molar refractivity (Wildman–Crippen MR) is 119 cm³/mol. The van der Waals surface area contributed by atoms with E-state index in [0.29, 0.717) is 23.4 Å². The number of benzene rings is 2. The number of amides is 2. The Balaban J connectivity index is 1.47. The highest BCUT2D eigenvalue weighted by atomic mass is 19.1. The van der Waals surface area contributed by atoms with Gasteiger partial charge in [0.1, 0.15) is 11.6 Å². The molecule has 176 valence electrons. The molecular weight excluding hydrogens is 445 g/mol. The second-order valence-corrected chi connectivity index (χ2v) is 7.82. The highest BCUT2D eigenvalue weighted by Gasteiger charge is 2.29. The molecular formula is C24H22FN3O6. The quantitative estimate of drug-likeness (QED) is 0.389. The van der Waals surface area contributed by atoms with Gasteiger partial charge in [-0.3, -0.25) is 19.7 Å². The number of carbonyl (C=O) groups excluding carboxylic acids is 2. The average molecular weight is 467 g/mol.